The van der Waals surface area contributed by atoms with Crippen molar-refractivity contribution in [2.24, 2.45) is 0 Å². The molecule has 0 saturated heterocycles. The lowest BCUT2D eigenvalue weighted by Crippen LogP contribution is -1.95. The van der Waals surface area contributed by atoms with E-state index in [1.54, 1.807) is 0 Å². The summed E-state index contributed by atoms with van der Waals surface area (Å²) in [6.45, 7) is 1.86. The zero-order chi connectivity index (χ0) is 10.1. The summed E-state index contributed by atoms with van der Waals surface area (Å²) in [5.41, 5.74) is 1.69. The Labute approximate surface area is 90.4 Å². The van der Waals surface area contributed by atoms with Crippen LogP contribution >= 0.6 is 15.9 Å². The molecule has 2 rings (SSSR count). The maximum absolute atomic E-state index is 11.4. The quantitative estimate of drug-likeness (QED) is 0.815. The highest BCUT2D eigenvalue weighted by molar-refractivity contribution is 9.10. The van der Waals surface area contributed by atoms with Gasteiger partial charge in [0.2, 0.25) is 0 Å². The highest BCUT2D eigenvalue weighted by Gasteiger charge is 2.08. The number of benzene rings is 1. The number of carbonyl (C=O) groups excluding carboxylic acids is 1. The van der Waals surface area contributed by atoms with Gasteiger partial charge in [0.1, 0.15) is 0 Å². The number of fused-ring (bicyclic) bond motifs is 1. The minimum Gasteiger partial charge on any atom is -0.352 e. The third-order valence-corrected chi connectivity index (χ3v) is 2.92. The molecule has 0 amide bonds. The van der Waals surface area contributed by atoms with Gasteiger partial charge in [-0.2, -0.15) is 0 Å². The van der Waals surface area contributed by atoms with Crippen molar-refractivity contribution in [2.45, 2.75) is 13.3 Å². The largest absolute Gasteiger partial charge is 0.352 e. The second-order valence-electron chi connectivity index (χ2n) is 3.16. The minimum atomic E-state index is 0.146. The molecule has 0 unspecified atom stereocenters. The molecule has 0 saturated carbocycles. The first-order chi connectivity index (χ1) is 6.72. The average Bonchev–Trinajstić information content (AvgIpc) is 2.62. The molecule has 0 radical (unpaired) electrons. The van der Waals surface area contributed by atoms with Crippen LogP contribution in [0.5, 0.6) is 0 Å². The van der Waals surface area contributed by atoms with Gasteiger partial charge in [-0.05, 0) is 18.2 Å². The molecule has 2 aromatic rings. The molecule has 1 N–H and O–H groups in total. The summed E-state index contributed by atoms with van der Waals surface area (Å²) in [5.74, 6) is 0.146. The predicted molar refractivity (Wildman–Crippen MR) is 60.6 cm³/mol. The van der Waals surface area contributed by atoms with Gasteiger partial charge in [0, 0.05) is 21.8 Å². The van der Waals surface area contributed by atoms with Crippen molar-refractivity contribution in [1.82, 2.24) is 4.98 Å². The van der Waals surface area contributed by atoms with Gasteiger partial charge in [0.05, 0.1) is 5.69 Å². The molecule has 1 aromatic carbocycles. The predicted octanol–water partition coefficient (Wildman–Crippen LogP) is 3.52. The van der Waals surface area contributed by atoms with E-state index in [9.17, 15) is 4.79 Å². The van der Waals surface area contributed by atoms with Gasteiger partial charge < -0.3 is 4.98 Å². The lowest BCUT2D eigenvalue weighted by atomic mass is 10.2. The number of Topliss-reactive ketones (excluding diaryl/α,β-unsaturated/α-hetero) is 1. The van der Waals surface area contributed by atoms with Gasteiger partial charge in [-0.1, -0.05) is 28.9 Å². The first kappa shape index (κ1) is 9.46. The first-order valence-electron chi connectivity index (χ1n) is 4.53. The summed E-state index contributed by atoms with van der Waals surface area (Å²) >= 11 is 3.45. The van der Waals surface area contributed by atoms with E-state index in [4.69, 9.17) is 0 Å². The van der Waals surface area contributed by atoms with Crippen molar-refractivity contribution in [1.29, 1.82) is 0 Å². The Hall–Kier alpha value is -1.09. The number of aromatic amines is 1. The number of rotatable bonds is 2. The van der Waals surface area contributed by atoms with Gasteiger partial charge >= 0.3 is 0 Å². The summed E-state index contributed by atoms with van der Waals surface area (Å²) in [6.07, 6.45) is 0.532. The van der Waals surface area contributed by atoms with E-state index < -0.39 is 0 Å². The zero-order valence-corrected chi connectivity index (χ0v) is 9.39. The van der Waals surface area contributed by atoms with Gasteiger partial charge in [-0.15, -0.1) is 0 Å². The zero-order valence-electron chi connectivity index (χ0n) is 7.80. The first-order valence-corrected chi connectivity index (χ1v) is 5.32. The molecule has 0 aliphatic rings. The van der Waals surface area contributed by atoms with E-state index in [0.29, 0.717) is 12.1 Å². The number of ketones is 1. The van der Waals surface area contributed by atoms with Crippen molar-refractivity contribution in [2.75, 3.05) is 0 Å². The number of hydrogen-bond donors (Lipinski definition) is 1. The summed E-state index contributed by atoms with van der Waals surface area (Å²) in [4.78, 5) is 14.6. The van der Waals surface area contributed by atoms with Gasteiger partial charge in [-0.25, -0.2) is 0 Å². The van der Waals surface area contributed by atoms with Gasteiger partial charge in [0.15, 0.2) is 5.78 Å². The fourth-order valence-corrected chi connectivity index (χ4v) is 1.94. The fraction of sp³-hybridized carbons (Fsp3) is 0.182. The number of H-pyrrole nitrogens is 1. The standard InChI is InChI=1S/C11H10BrNO/c1-2-11(14)10-6-7-8(12)4-3-5-9(7)13-10/h3-6,13H,2H2,1H3. The van der Waals surface area contributed by atoms with Crippen LogP contribution < -0.4 is 0 Å². The smallest absolute Gasteiger partial charge is 0.178 e. The van der Waals surface area contributed by atoms with Crippen LogP contribution in [0, 0.1) is 0 Å². The van der Waals surface area contributed by atoms with E-state index in [-0.39, 0.29) is 5.78 Å². The fourth-order valence-electron chi connectivity index (χ4n) is 1.46. The highest BCUT2D eigenvalue weighted by Crippen LogP contribution is 2.24. The molecule has 14 heavy (non-hydrogen) atoms. The van der Waals surface area contributed by atoms with Crippen molar-refractivity contribution in [3.05, 3.63) is 34.4 Å². The van der Waals surface area contributed by atoms with Crippen molar-refractivity contribution < 1.29 is 4.79 Å². The summed E-state index contributed by atoms with van der Waals surface area (Å²) in [6, 6.07) is 7.78. The molecule has 0 spiro atoms. The van der Waals surface area contributed by atoms with Crippen LogP contribution in [0.15, 0.2) is 28.7 Å². The highest BCUT2D eigenvalue weighted by atomic mass is 79.9. The minimum absolute atomic E-state index is 0.146. The molecule has 1 aromatic heterocycles. The van der Waals surface area contributed by atoms with Crippen molar-refractivity contribution >= 4 is 32.6 Å². The molecule has 0 atom stereocenters. The number of carbonyl (C=O) groups is 1. The number of aromatic nitrogens is 1. The third kappa shape index (κ3) is 1.48. The maximum atomic E-state index is 11.4. The molecule has 0 fully saturated rings. The monoisotopic (exact) mass is 251 g/mol. The normalized spacial score (nSPS) is 10.7. The topological polar surface area (TPSA) is 32.9 Å². The maximum Gasteiger partial charge on any atom is 0.178 e. The Morgan fingerprint density at radius 3 is 2.93 bits per heavy atom. The average molecular weight is 252 g/mol. The molecular formula is C11H10BrNO. The Balaban J connectivity index is 2.62. The summed E-state index contributed by atoms with van der Waals surface area (Å²) in [7, 11) is 0. The number of halogens is 1. The van der Waals surface area contributed by atoms with Crippen LogP contribution in [0.1, 0.15) is 23.8 Å². The molecular weight excluding hydrogens is 242 g/mol. The van der Waals surface area contributed by atoms with E-state index in [1.807, 2.05) is 31.2 Å². The van der Waals surface area contributed by atoms with Crippen molar-refractivity contribution in [3.63, 3.8) is 0 Å². The van der Waals surface area contributed by atoms with Gasteiger partial charge in [0.25, 0.3) is 0 Å². The molecule has 0 aliphatic carbocycles. The number of hydrogen-bond acceptors (Lipinski definition) is 1. The van der Waals surface area contributed by atoms with E-state index in [1.165, 1.54) is 0 Å². The Morgan fingerprint density at radius 2 is 2.29 bits per heavy atom. The number of nitrogens with one attached hydrogen (secondary N) is 1. The van der Waals surface area contributed by atoms with Crippen LogP contribution in [0.2, 0.25) is 0 Å². The molecule has 0 aliphatic heterocycles. The SMILES string of the molecule is CCC(=O)c1cc2c(Br)cccc2[nH]1. The second-order valence-corrected chi connectivity index (χ2v) is 4.02. The van der Waals surface area contributed by atoms with Gasteiger partial charge in [-0.3, -0.25) is 4.79 Å². The van der Waals surface area contributed by atoms with E-state index in [0.717, 1.165) is 15.4 Å². The van der Waals surface area contributed by atoms with Crippen LogP contribution in [0.25, 0.3) is 10.9 Å². The van der Waals surface area contributed by atoms with Crippen LogP contribution in [0.4, 0.5) is 0 Å². The molecule has 2 nitrogen and oxygen atoms in total. The summed E-state index contributed by atoms with van der Waals surface area (Å²) < 4.78 is 1.02. The Bertz CT molecular complexity index is 487. The molecule has 72 valence electrons. The lowest BCUT2D eigenvalue weighted by molar-refractivity contribution is 0.0984. The third-order valence-electron chi connectivity index (χ3n) is 2.23. The Morgan fingerprint density at radius 1 is 1.50 bits per heavy atom. The van der Waals surface area contributed by atoms with Crippen LogP contribution in [0.3, 0.4) is 0 Å². The second kappa shape index (κ2) is 3.58. The van der Waals surface area contributed by atoms with Crippen LogP contribution in [-0.4, -0.2) is 10.8 Å². The van der Waals surface area contributed by atoms with E-state index >= 15 is 0 Å². The molecule has 1 heterocycles. The van der Waals surface area contributed by atoms with Crippen LogP contribution in [-0.2, 0) is 0 Å². The Kier molecular flexibility index (Phi) is 2.42. The lowest BCUT2D eigenvalue weighted by Gasteiger charge is -1.90. The van der Waals surface area contributed by atoms with Crippen molar-refractivity contribution in [3.8, 4) is 0 Å². The summed E-state index contributed by atoms with van der Waals surface area (Å²) in [5, 5.41) is 1.06. The molecule has 3 heteroatoms. The van der Waals surface area contributed by atoms with E-state index in [2.05, 4.69) is 20.9 Å². The molecule has 0 bridgehead atoms.